The van der Waals surface area contributed by atoms with Crippen LogP contribution in [0.1, 0.15) is 51.0 Å². The number of anilines is 1. The maximum atomic E-state index is 13.1. The highest BCUT2D eigenvalue weighted by Gasteiger charge is 2.33. The first-order valence-corrected chi connectivity index (χ1v) is 11.9. The number of hydrogen-bond donors (Lipinski definition) is 2. The summed E-state index contributed by atoms with van der Waals surface area (Å²) in [5.41, 5.74) is 3.37. The third-order valence-electron chi connectivity index (χ3n) is 7.03. The van der Waals surface area contributed by atoms with E-state index >= 15 is 0 Å². The summed E-state index contributed by atoms with van der Waals surface area (Å²) >= 11 is 0. The molecule has 2 aromatic carbocycles. The van der Waals surface area contributed by atoms with Crippen LogP contribution in [-0.4, -0.2) is 37.3 Å². The van der Waals surface area contributed by atoms with Gasteiger partial charge in [-0.15, -0.1) is 0 Å². The second-order valence-corrected chi connectivity index (χ2v) is 9.19. The normalized spacial score (nSPS) is 16.6. The van der Waals surface area contributed by atoms with Gasteiger partial charge in [-0.2, -0.15) is 0 Å². The summed E-state index contributed by atoms with van der Waals surface area (Å²) in [4.78, 5) is 35.9. The molecule has 4 aromatic rings. The largest absolute Gasteiger partial charge is 0.501 e. The van der Waals surface area contributed by atoms with E-state index in [0.29, 0.717) is 18.9 Å². The van der Waals surface area contributed by atoms with Gasteiger partial charge in [0.05, 0.1) is 17.3 Å². The zero-order chi connectivity index (χ0) is 25.0. The van der Waals surface area contributed by atoms with E-state index in [1.165, 1.54) is 4.57 Å². The lowest BCUT2D eigenvalue weighted by Crippen LogP contribution is -2.40. The predicted octanol–water partition coefficient (Wildman–Crippen LogP) is 3.48. The molecular formula is C27H24N4O5. The Balaban J connectivity index is 1.52. The molecule has 2 aliphatic rings. The van der Waals surface area contributed by atoms with Gasteiger partial charge in [-0.25, -0.2) is 14.8 Å². The number of aryl methyl sites for hydroxylation is 2. The van der Waals surface area contributed by atoms with E-state index in [4.69, 9.17) is 9.40 Å². The van der Waals surface area contributed by atoms with Crippen LogP contribution in [0, 0.1) is 0 Å². The quantitative estimate of drug-likeness (QED) is 0.452. The number of nitrogens with zero attached hydrogens (tertiary/aromatic N) is 4. The SMILES string of the molecule is Cn1c(N2CCc3cc(C(=O)O)ccc3[C@@H]2c2ccccc2)nc(-c2nc3c(o2)CCC3)c(O)c1=O. The Kier molecular flexibility index (Phi) is 5.13. The van der Waals surface area contributed by atoms with Crippen LogP contribution in [-0.2, 0) is 26.3 Å². The van der Waals surface area contributed by atoms with Crippen molar-refractivity contribution in [2.24, 2.45) is 7.05 Å². The van der Waals surface area contributed by atoms with E-state index in [9.17, 15) is 19.8 Å². The van der Waals surface area contributed by atoms with Gasteiger partial charge in [-0.1, -0.05) is 36.4 Å². The summed E-state index contributed by atoms with van der Waals surface area (Å²) in [6, 6.07) is 14.6. The molecule has 1 aliphatic heterocycles. The monoisotopic (exact) mass is 484 g/mol. The summed E-state index contributed by atoms with van der Waals surface area (Å²) in [5, 5.41) is 20.2. The van der Waals surface area contributed by atoms with Crippen molar-refractivity contribution in [1.82, 2.24) is 14.5 Å². The summed E-state index contributed by atoms with van der Waals surface area (Å²) < 4.78 is 7.21. The minimum absolute atomic E-state index is 0.0290. The molecule has 1 aliphatic carbocycles. The third-order valence-corrected chi connectivity index (χ3v) is 7.03. The molecule has 6 rings (SSSR count). The first kappa shape index (κ1) is 22.1. The van der Waals surface area contributed by atoms with E-state index in [0.717, 1.165) is 47.4 Å². The molecular weight excluding hydrogens is 460 g/mol. The molecule has 0 unspecified atom stereocenters. The van der Waals surface area contributed by atoms with Gasteiger partial charge in [-0.05, 0) is 48.1 Å². The summed E-state index contributed by atoms with van der Waals surface area (Å²) in [6.07, 6.45) is 3.12. The number of rotatable bonds is 4. The highest BCUT2D eigenvalue weighted by molar-refractivity contribution is 5.88. The molecule has 0 bridgehead atoms. The highest BCUT2D eigenvalue weighted by atomic mass is 16.4. The fourth-order valence-corrected chi connectivity index (χ4v) is 5.25. The van der Waals surface area contributed by atoms with Crippen LogP contribution in [0.25, 0.3) is 11.6 Å². The number of benzene rings is 2. The van der Waals surface area contributed by atoms with Gasteiger partial charge in [0.15, 0.2) is 5.69 Å². The molecule has 0 saturated carbocycles. The lowest BCUT2D eigenvalue weighted by atomic mass is 9.87. The minimum Gasteiger partial charge on any atom is -0.501 e. The van der Waals surface area contributed by atoms with Gasteiger partial charge in [0, 0.05) is 20.0 Å². The summed E-state index contributed by atoms with van der Waals surface area (Å²) in [6.45, 7) is 0.488. The fraction of sp³-hybridized carbons (Fsp3) is 0.259. The maximum Gasteiger partial charge on any atom is 0.335 e. The molecule has 1 atom stereocenters. The highest BCUT2D eigenvalue weighted by Crippen LogP contribution is 2.39. The number of carboxylic acids is 1. The molecule has 2 N–H and O–H groups in total. The zero-order valence-electron chi connectivity index (χ0n) is 19.6. The number of hydrogen-bond acceptors (Lipinski definition) is 7. The predicted molar refractivity (Wildman–Crippen MR) is 131 cm³/mol. The molecule has 9 heteroatoms. The maximum absolute atomic E-state index is 13.1. The van der Waals surface area contributed by atoms with Crippen molar-refractivity contribution in [3.8, 4) is 17.3 Å². The minimum atomic E-state index is -0.971. The van der Waals surface area contributed by atoms with Gasteiger partial charge in [-0.3, -0.25) is 9.36 Å². The molecule has 0 saturated heterocycles. The lowest BCUT2D eigenvalue weighted by Gasteiger charge is -2.39. The molecule has 36 heavy (non-hydrogen) atoms. The number of aromatic nitrogens is 3. The topological polar surface area (TPSA) is 122 Å². The van der Waals surface area contributed by atoms with Gasteiger partial charge in [0.2, 0.25) is 17.6 Å². The lowest BCUT2D eigenvalue weighted by molar-refractivity contribution is 0.0696. The van der Waals surface area contributed by atoms with E-state index in [2.05, 4.69) is 4.98 Å². The van der Waals surface area contributed by atoms with Crippen molar-refractivity contribution in [3.63, 3.8) is 0 Å². The number of carboxylic acid groups (broad SMARTS) is 1. The molecule has 0 radical (unpaired) electrons. The van der Waals surface area contributed by atoms with E-state index in [1.807, 2.05) is 41.3 Å². The van der Waals surface area contributed by atoms with Crippen LogP contribution in [0.4, 0.5) is 5.95 Å². The Hall–Kier alpha value is -4.40. The van der Waals surface area contributed by atoms with Crippen molar-refractivity contribution < 1.29 is 19.4 Å². The smallest absolute Gasteiger partial charge is 0.335 e. The Bertz CT molecular complexity index is 1540. The zero-order valence-corrected chi connectivity index (χ0v) is 19.6. The van der Waals surface area contributed by atoms with Crippen LogP contribution in [0.5, 0.6) is 5.75 Å². The molecule has 2 aromatic heterocycles. The van der Waals surface area contributed by atoms with E-state index in [-0.39, 0.29) is 23.2 Å². The number of fused-ring (bicyclic) bond motifs is 2. The van der Waals surface area contributed by atoms with Crippen LogP contribution in [0.3, 0.4) is 0 Å². The third kappa shape index (κ3) is 3.46. The molecule has 9 nitrogen and oxygen atoms in total. The van der Waals surface area contributed by atoms with Crippen molar-refractivity contribution in [2.75, 3.05) is 11.4 Å². The van der Waals surface area contributed by atoms with Crippen molar-refractivity contribution in [1.29, 1.82) is 0 Å². The Labute approximate surface area is 206 Å². The average Bonchev–Trinajstić information content (AvgIpc) is 3.50. The summed E-state index contributed by atoms with van der Waals surface area (Å²) in [7, 11) is 1.58. The van der Waals surface area contributed by atoms with E-state index < -0.39 is 17.3 Å². The van der Waals surface area contributed by atoms with Gasteiger partial charge in [0.25, 0.3) is 5.56 Å². The van der Waals surface area contributed by atoms with Gasteiger partial charge < -0.3 is 19.5 Å². The standard InChI is InChI=1S/C27H24N4O5/c1-30-25(33)23(32)21(24-28-19-8-5-9-20(19)36-24)29-27(30)31-13-12-16-14-17(26(34)35)10-11-18(16)22(31)15-6-3-2-4-7-15/h2-4,6-7,10-11,14,22,32H,5,8-9,12-13H2,1H3,(H,34,35)/t22-/m0/s1. The Morgan fingerprint density at radius 1 is 1.08 bits per heavy atom. The summed E-state index contributed by atoms with van der Waals surface area (Å²) in [5.74, 6) is -0.178. The molecule has 0 fully saturated rings. The second-order valence-electron chi connectivity index (χ2n) is 9.19. The van der Waals surface area contributed by atoms with Gasteiger partial charge >= 0.3 is 5.97 Å². The first-order chi connectivity index (χ1) is 17.4. The number of aromatic carboxylic acids is 1. The number of carbonyl (C=O) groups is 1. The average molecular weight is 485 g/mol. The van der Waals surface area contributed by atoms with Crippen LogP contribution in [0.15, 0.2) is 57.7 Å². The molecule has 0 amide bonds. The molecule has 0 spiro atoms. The van der Waals surface area contributed by atoms with Crippen LogP contribution < -0.4 is 10.5 Å². The van der Waals surface area contributed by atoms with E-state index in [1.54, 1.807) is 19.2 Å². The van der Waals surface area contributed by atoms with Crippen molar-refractivity contribution in [3.05, 3.63) is 92.6 Å². The Morgan fingerprint density at radius 2 is 1.89 bits per heavy atom. The fourth-order valence-electron chi connectivity index (χ4n) is 5.25. The second kappa shape index (κ2) is 8.37. The van der Waals surface area contributed by atoms with Gasteiger partial charge in [0.1, 0.15) is 5.76 Å². The molecule has 182 valence electrons. The van der Waals surface area contributed by atoms with Crippen LogP contribution in [0.2, 0.25) is 0 Å². The van der Waals surface area contributed by atoms with Crippen molar-refractivity contribution >= 4 is 11.9 Å². The number of aromatic hydroxyl groups is 1. The number of oxazole rings is 1. The first-order valence-electron chi connectivity index (χ1n) is 11.9. The van der Waals surface area contributed by atoms with Crippen LogP contribution >= 0.6 is 0 Å². The van der Waals surface area contributed by atoms with Crippen molar-refractivity contribution in [2.45, 2.75) is 31.7 Å². The molecule has 3 heterocycles. The Morgan fingerprint density at radius 3 is 2.64 bits per heavy atom.